The Morgan fingerprint density at radius 2 is 2.33 bits per heavy atom. The van der Waals surface area contributed by atoms with Gasteiger partial charge >= 0.3 is 0 Å². The van der Waals surface area contributed by atoms with E-state index in [2.05, 4.69) is 35.1 Å². The van der Waals surface area contributed by atoms with Gasteiger partial charge in [0.25, 0.3) is 0 Å². The van der Waals surface area contributed by atoms with E-state index in [9.17, 15) is 0 Å². The van der Waals surface area contributed by atoms with Crippen LogP contribution in [0.5, 0.6) is 5.88 Å². The third kappa shape index (κ3) is 3.43. The summed E-state index contributed by atoms with van der Waals surface area (Å²) >= 11 is 0. The molecule has 100 valence electrons. The molecule has 1 aliphatic heterocycles. The van der Waals surface area contributed by atoms with Crippen LogP contribution in [0.1, 0.15) is 25.8 Å². The van der Waals surface area contributed by atoms with E-state index >= 15 is 0 Å². The minimum absolute atomic E-state index is 0.173. The summed E-state index contributed by atoms with van der Waals surface area (Å²) in [4.78, 5) is 6.73. The van der Waals surface area contributed by atoms with Crippen molar-refractivity contribution >= 4 is 0 Å². The summed E-state index contributed by atoms with van der Waals surface area (Å²) < 4.78 is 5.32. The highest BCUT2D eigenvalue weighted by Crippen LogP contribution is 2.19. The largest absolute Gasteiger partial charge is 0.481 e. The molecule has 2 rings (SSSR count). The fourth-order valence-corrected chi connectivity index (χ4v) is 2.53. The molecule has 0 aliphatic carbocycles. The lowest BCUT2D eigenvalue weighted by molar-refractivity contribution is 0.220. The molecule has 0 bridgehead atoms. The van der Waals surface area contributed by atoms with Gasteiger partial charge in [-0.15, -0.1) is 0 Å². The van der Waals surface area contributed by atoms with Gasteiger partial charge in [-0.25, -0.2) is 4.98 Å². The van der Waals surface area contributed by atoms with Crippen molar-refractivity contribution in [2.24, 2.45) is 0 Å². The molecule has 1 fully saturated rings. The van der Waals surface area contributed by atoms with Crippen LogP contribution in [-0.4, -0.2) is 42.2 Å². The second-order valence-electron chi connectivity index (χ2n) is 5.55. The van der Waals surface area contributed by atoms with Gasteiger partial charge in [0.05, 0.1) is 7.11 Å². The molecule has 18 heavy (non-hydrogen) atoms. The molecule has 0 aromatic carbocycles. The Hall–Kier alpha value is -1.13. The second-order valence-corrected chi connectivity index (χ2v) is 5.55. The summed E-state index contributed by atoms with van der Waals surface area (Å²) in [5.74, 6) is 0.743. The van der Waals surface area contributed by atoms with Gasteiger partial charge < -0.3 is 10.1 Å². The first-order valence-electron chi connectivity index (χ1n) is 6.56. The number of nitrogens with one attached hydrogen (secondary N) is 1. The Morgan fingerprint density at radius 1 is 1.50 bits per heavy atom. The molecule has 0 saturated carbocycles. The molecule has 0 unspecified atom stereocenters. The Balaban J connectivity index is 2.07. The van der Waals surface area contributed by atoms with Crippen LogP contribution >= 0.6 is 0 Å². The fraction of sp³-hybridized carbons (Fsp3) is 0.643. The van der Waals surface area contributed by atoms with Gasteiger partial charge in [-0.2, -0.15) is 0 Å². The number of hydrogen-bond donors (Lipinski definition) is 1. The smallest absolute Gasteiger partial charge is 0.217 e. The Kier molecular flexibility index (Phi) is 4.19. The van der Waals surface area contributed by atoms with Crippen molar-refractivity contribution in [3.63, 3.8) is 0 Å². The van der Waals surface area contributed by atoms with Crippen molar-refractivity contribution < 1.29 is 4.74 Å². The van der Waals surface area contributed by atoms with Crippen LogP contribution in [0, 0.1) is 0 Å². The zero-order valence-electron chi connectivity index (χ0n) is 11.6. The molecule has 1 saturated heterocycles. The summed E-state index contributed by atoms with van der Waals surface area (Å²) in [5, 5.41) is 3.58. The van der Waals surface area contributed by atoms with Crippen LogP contribution in [0.2, 0.25) is 0 Å². The van der Waals surface area contributed by atoms with Crippen LogP contribution in [0.3, 0.4) is 0 Å². The molecule has 1 N–H and O–H groups in total. The predicted octanol–water partition coefficient (Wildman–Crippen LogP) is 1.66. The highest BCUT2D eigenvalue weighted by atomic mass is 16.5. The van der Waals surface area contributed by atoms with Gasteiger partial charge in [0.2, 0.25) is 5.88 Å². The highest BCUT2D eigenvalue weighted by Gasteiger charge is 2.24. The molecule has 1 aromatic heterocycles. The lowest BCUT2D eigenvalue weighted by Crippen LogP contribution is -2.46. The van der Waals surface area contributed by atoms with E-state index in [4.69, 9.17) is 4.74 Å². The molecule has 0 radical (unpaired) electrons. The normalized spacial score (nSPS) is 20.4. The lowest BCUT2D eigenvalue weighted by Gasteiger charge is -2.30. The van der Waals surface area contributed by atoms with Crippen LogP contribution in [0.15, 0.2) is 18.3 Å². The number of rotatable bonds is 3. The lowest BCUT2D eigenvalue weighted by atomic mass is 10.1. The topological polar surface area (TPSA) is 37.4 Å². The van der Waals surface area contributed by atoms with Gasteiger partial charge in [-0.05, 0) is 39.4 Å². The fourth-order valence-electron chi connectivity index (χ4n) is 2.53. The van der Waals surface area contributed by atoms with Crippen molar-refractivity contribution in [3.05, 3.63) is 23.9 Å². The number of methoxy groups -OCH3 is 1. The summed E-state index contributed by atoms with van der Waals surface area (Å²) in [6.45, 7) is 8.67. The summed E-state index contributed by atoms with van der Waals surface area (Å²) in [5.41, 5.74) is 1.34. The third-order valence-corrected chi connectivity index (χ3v) is 3.31. The van der Waals surface area contributed by atoms with Gasteiger partial charge in [0.1, 0.15) is 0 Å². The van der Waals surface area contributed by atoms with E-state index in [1.807, 2.05) is 6.07 Å². The molecular formula is C14H23N3O. The van der Waals surface area contributed by atoms with Gasteiger partial charge in [-0.3, -0.25) is 4.90 Å². The summed E-state index contributed by atoms with van der Waals surface area (Å²) in [6, 6.07) is 4.07. The average Bonchev–Trinajstić information content (AvgIpc) is 2.50. The van der Waals surface area contributed by atoms with E-state index in [1.54, 1.807) is 13.3 Å². The first-order chi connectivity index (χ1) is 8.61. The SMILES string of the molecule is COc1ncccc1CN1CCCNC(C)(C)C1. The zero-order chi connectivity index (χ0) is 13.0. The Bertz CT molecular complexity index is 392. The quantitative estimate of drug-likeness (QED) is 0.884. The van der Waals surface area contributed by atoms with Gasteiger partial charge in [-0.1, -0.05) is 6.07 Å². The highest BCUT2D eigenvalue weighted by molar-refractivity contribution is 5.25. The number of hydrogen-bond acceptors (Lipinski definition) is 4. The van der Waals surface area contributed by atoms with Crippen molar-refractivity contribution in [1.29, 1.82) is 0 Å². The van der Waals surface area contributed by atoms with Gasteiger partial charge in [0, 0.05) is 30.4 Å². The Morgan fingerprint density at radius 3 is 3.11 bits per heavy atom. The molecule has 0 spiro atoms. The minimum Gasteiger partial charge on any atom is -0.481 e. The Labute approximate surface area is 109 Å². The van der Waals surface area contributed by atoms with Crippen molar-refractivity contribution in [2.75, 3.05) is 26.7 Å². The van der Waals surface area contributed by atoms with Crippen molar-refractivity contribution in [1.82, 2.24) is 15.2 Å². The monoisotopic (exact) mass is 249 g/mol. The number of aromatic nitrogens is 1. The number of pyridine rings is 1. The summed E-state index contributed by atoms with van der Waals surface area (Å²) in [6.07, 6.45) is 2.96. The van der Waals surface area contributed by atoms with Gasteiger partial charge in [0.15, 0.2) is 0 Å². The van der Waals surface area contributed by atoms with Crippen molar-refractivity contribution in [3.8, 4) is 5.88 Å². The number of nitrogens with zero attached hydrogens (tertiary/aromatic N) is 2. The minimum atomic E-state index is 0.173. The first kappa shape index (κ1) is 13.3. The van der Waals surface area contributed by atoms with Crippen LogP contribution in [-0.2, 0) is 6.54 Å². The maximum Gasteiger partial charge on any atom is 0.217 e. The molecule has 1 aliphatic rings. The van der Waals surface area contributed by atoms with Crippen LogP contribution in [0.25, 0.3) is 0 Å². The third-order valence-electron chi connectivity index (χ3n) is 3.31. The standard InChI is InChI=1S/C14H23N3O/c1-14(2)11-17(9-5-8-16-14)10-12-6-4-7-15-13(12)18-3/h4,6-7,16H,5,8-11H2,1-3H3. The molecular weight excluding hydrogens is 226 g/mol. The molecule has 2 heterocycles. The van der Waals surface area contributed by atoms with Crippen molar-refractivity contribution in [2.45, 2.75) is 32.4 Å². The molecule has 4 heteroatoms. The van der Waals surface area contributed by atoms with E-state index in [-0.39, 0.29) is 5.54 Å². The van der Waals surface area contributed by atoms with E-state index < -0.39 is 0 Å². The van der Waals surface area contributed by atoms with E-state index in [1.165, 1.54) is 6.42 Å². The summed E-state index contributed by atoms with van der Waals surface area (Å²) in [7, 11) is 1.68. The van der Waals surface area contributed by atoms with E-state index in [0.717, 1.165) is 37.6 Å². The zero-order valence-corrected chi connectivity index (χ0v) is 11.6. The molecule has 4 nitrogen and oxygen atoms in total. The first-order valence-corrected chi connectivity index (χ1v) is 6.56. The maximum atomic E-state index is 5.32. The van der Waals surface area contributed by atoms with Crippen LogP contribution < -0.4 is 10.1 Å². The molecule has 0 atom stereocenters. The predicted molar refractivity (Wildman–Crippen MR) is 72.8 cm³/mol. The second kappa shape index (κ2) is 5.67. The average molecular weight is 249 g/mol. The maximum absolute atomic E-state index is 5.32. The van der Waals surface area contributed by atoms with Crippen LogP contribution in [0.4, 0.5) is 0 Å². The van der Waals surface area contributed by atoms with E-state index in [0.29, 0.717) is 0 Å². The number of ether oxygens (including phenoxy) is 1. The molecule has 1 aromatic rings. The molecule has 0 amide bonds.